The average molecular weight is 217 g/mol. The first kappa shape index (κ1) is 10.4. The van der Waals surface area contributed by atoms with Crippen LogP contribution in [0.25, 0.3) is 0 Å². The molecule has 1 N–H and O–H groups in total. The molecule has 1 heterocycles. The number of aromatic nitrogens is 1. The topological polar surface area (TPSA) is 33.1 Å². The van der Waals surface area contributed by atoms with Gasteiger partial charge < -0.3 is 5.11 Å². The normalized spacial score (nSPS) is 18.9. The van der Waals surface area contributed by atoms with Gasteiger partial charge in [0.1, 0.15) is 5.69 Å². The molecule has 1 aromatic heterocycles. The highest BCUT2D eigenvalue weighted by molar-refractivity contribution is 5.36. The Bertz CT molecular complexity index is 371. The predicted molar refractivity (Wildman–Crippen MR) is 47.2 cm³/mol. The van der Waals surface area contributed by atoms with Crippen molar-refractivity contribution in [3.8, 4) is 0 Å². The van der Waals surface area contributed by atoms with Gasteiger partial charge in [-0.15, -0.1) is 0 Å². The molecule has 5 heteroatoms. The van der Waals surface area contributed by atoms with Crippen LogP contribution < -0.4 is 0 Å². The molecule has 1 aromatic rings. The lowest BCUT2D eigenvalue weighted by molar-refractivity contribution is -0.142. The first-order valence-electron chi connectivity index (χ1n) is 4.63. The molecule has 0 amide bonds. The maximum atomic E-state index is 12.6. The Kier molecular flexibility index (Phi) is 2.22. The summed E-state index contributed by atoms with van der Waals surface area (Å²) in [5.41, 5.74) is -1.43. The highest BCUT2D eigenvalue weighted by Gasteiger charge is 2.49. The van der Waals surface area contributed by atoms with Gasteiger partial charge in [-0.1, -0.05) is 6.07 Å². The van der Waals surface area contributed by atoms with Gasteiger partial charge in [-0.2, -0.15) is 13.2 Å². The van der Waals surface area contributed by atoms with Gasteiger partial charge in [0.05, 0.1) is 6.61 Å². The first-order chi connectivity index (χ1) is 6.99. The molecule has 0 aromatic carbocycles. The van der Waals surface area contributed by atoms with Gasteiger partial charge in [0.15, 0.2) is 0 Å². The fraction of sp³-hybridized carbons (Fsp3) is 0.500. The van der Waals surface area contributed by atoms with Gasteiger partial charge in [0.25, 0.3) is 0 Å². The Labute approximate surface area is 84.8 Å². The lowest BCUT2D eigenvalue weighted by Crippen LogP contribution is -2.20. The zero-order chi connectivity index (χ0) is 11.1. The minimum Gasteiger partial charge on any atom is -0.395 e. The van der Waals surface area contributed by atoms with E-state index in [2.05, 4.69) is 4.98 Å². The number of aliphatic hydroxyl groups excluding tert-OH is 1. The van der Waals surface area contributed by atoms with Gasteiger partial charge in [0.2, 0.25) is 0 Å². The molecule has 2 rings (SSSR count). The number of pyridine rings is 1. The highest BCUT2D eigenvalue weighted by atomic mass is 19.4. The summed E-state index contributed by atoms with van der Waals surface area (Å²) in [4.78, 5) is 3.37. The SMILES string of the molecule is OCC1(c2cccnc2C(F)(F)F)CC1. The largest absolute Gasteiger partial charge is 0.433 e. The van der Waals surface area contributed by atoms with Crippen LogP contribution in [0.4, 0.5) is 13.2 Å². The van der Waals surface area contributed by atoms with E-state index in [4.69, 9.17) is 5.11 Å². The zero-order valence-electron chi connectivity index (χ0n) is 7.88. The molecule has 0 bridgehead atoms. The van der Waals surface area contributed by atoms with E-state index in [9.17, 15) is 13.2 Å². The molecule has 0 unspecified atom stereocenters. The minimum absolute atomic E-state index is 0.125. The quantitative estimate of drug-likeness (QED) is 0.823. The number of hydrogen-bond donors (Lipinski definition) is 1. The summed E-state index contributed by atoms with van der Waals surface area (Å²) in [5.74, 6) is 0. The van der Waals surface area contributed by atoms with E-state index in [1.807, 2.05) is 0 Å². The summed E-state index contributed by atoms with van der Waals surface area (Å²) < 4.78 is 37.8. The Balaban J connectivity index is 2.48. The molecular weight excluding hydrogens is 207 g/mol. The van der Waals surface area contributed by atoms with Crippen LogP contribution in [0.3, 0.4) is 0 Å². The molecule has 0 spiro atoms. The molecule has 1 aliphatic rings. The summed E-state index contributed by atoms with van der Waals surface area (Å²) >= 11 is 0. The van der Waals surface area contributed by atoms with Crippen molar-refractivity contribution in [3.63, 3.8) is 0 Å². The molecular formula is C10H10F3NO. The lowest BCUT2D eigenvalue weighted by Gasteiger charge is -2.17. The number of rotatable bonds is 2. The Hall–Kier alpha value is -1.10. The van der Waals surface area contributed by atoms with Gasteiger partial charge >= 0.3 is 6.18 Å². The number of nitrogens with zero attached hydrogens (tertiary/aromatic N) is 1. The molecule has 82 valence electrons. The summed E-state index contributed by atoms with van der Waals surface area (Å²) in [5, 5.41) is 9.11. The van der Waals surface area contributed by atoms with Crippen LogP contribution in [0.15, 0.2) is 18.3 Å². The third kappa shape index (κ3) is 1.71. The van der Waals surface area contributed by atoms with Crippen molar-refractivity contribution >= 4 is 0 Å². The van der Waals surface area contributed by atoms with Crippen molar-refractivity contribution in [2.24, 2.45) is 0 Å². The average Bonchev–Trinajstić information content (AvgIpc) is 2.97. The van der Waals surface area contributed by atoms with Crippen molar-refractivity contribution in [1.29, 1.82) is 0 Å². The molecule has 2 nitrogen and oxygen atoms in total. The Morgan fingerprint density at radius 3 is 2.53 bits per heavy atom. The molecule has 0 atom stereocenters. The number of hydrogen-bond acceptors (Lipinski definition) is 2. The van der Waals surface area contributed by atoms with Crippen molar-refractivity contribution in [1.82, 2.24) is 4.98 Å². The third-order valence-corrected chi connectivity index (χ3v) is 2.80. The summed E-state index contributed by atoms with van der Waals surface area (Å²) in [6.45, 7) is -0.248. The molecule has 1 aliphatic carbocycles. The van der Waals surface area contributed by atoms with Gasteiger partial charge in [0, 0.05) is 11.6 Å². The van der Waals surface area contributed by atoms with Gasteiger partial charge in [-0.3, -0.25) is 4.98 Å². The Morgan fingerprint density at radius 2 is 2.07 bits per heavy atom. The van der Waals surface area contributed by atoms with Crippen LogP contribution in [0, 0.1) is 0 Å². The fourth-order valence-corrected chi connectivity index (χ4v) is 1.72. The second-order valence-corrected chi connectivity index (χ2v) is 3.84. The number of aliphatic hydroxyl groups is 1. The molecule has 15 heavy (non-hydrogen) atoms. The van der Waals surface area contributed by atoms with Crippen molar-refractivity contribution in [2.75, 3.05) is 6.61 Å². The van der Waals surface area contributed by atoms with E-state index in [0.29, 0.717) is 12.8 Å². The van der Waals surface area contributed by atoms with Crippen LogP contribution in [-0.2, 0) is 11.6 Å². The van der Waals surface area contributed by atoms with Crippen LogP contribution in [0.1, 0.15) is 24.1 Å². The van der Waals surface area contributed by atoms with E-state index in [1.54, 1.807) is 0 Å². The number of alkyl halides is 3. The van der Waals surface area contributed by atoms with Crippen molar-refractivity contribution in [3.05, 3.63) is 29.6 Å². The maximum Gasteiger partial charge on any atom is 0.433 e. The minimum atomic E-state index is -4.44. The zero-order valence-corrected chi connectivity index (χ0v) is 7.88. The van der Waals surface area contributed by atoms with E-state index < -0.39 is 17.3 Å². The van der Waals surface area contributed by atoms with E-state index >= 15 is 0 Å². The molecule has 0 saturated heterocycles. The third-order valence-electron chi connectivity index (χ3n) is 2.80. The van der Waals surface area contributed by atoms with E-state index in [0.717, 1.165) is 6.20 Å². The lowest BCUT2D eigenvalue weighted by atomic mass is 9.95. The van der Waals surface area contributed by atoms with Crippen LogP contribution >= 0.6 is 0 Å². The second-order valence-electron chi connectivity index (χ2n) is 3.84. The van der Waals surface area contributed by atoms with Crippen LogP contribution in [-0.4, -0.2) is 16.7 Å². The fourth-order valence-electron chi connectivity index (χ4n) is 1.72. The van der Waals surface area contributed by atoms with Gasteiger partial charge in [-0.05, 0) is 24.5 Å². The van der Waals surface area contributed by atoms with Crippen molar-refractivity contribution in [2.45, 2.75) is 24.4 Å². The van der Waals surface area contributed by atoms with Crippen molar-refractivity contribution < 1.29 is 18.3 Å². The summed E-state index contributed by atoms with van der Waals surface area (Å²) in [7, 11) is 0. The van der Waals surface area contributed by atoms with Crippen LogP contribution in [0.2, 0.25) is 0 Å². The Morgan fingerprint density at radius 1 is 1.40 bits per heavy atom. The summed E-state index contributed by atoms with van der Waals surface area (Å²) in [6.07, 6.45) is -2.13. The standard InChI is InChI=1S/C10H10F3NO/c11-10(12,13)8-7(2-1-5-14-8)9(6-15)3-4-9/h1-2,5,15H,3-4,6H2. The molecule has 1 fully saturated rings. The molecule has 0 radical (unpaired) electrons. The summed E-state index contributed by atoms with van der Waals surface area (Å²) in [6, 6.07) is 2.87. The highest BCUT2D eigenvalue weighted by Crippen LogP contribution is 2.50. The number of halogens is 3. The second kappa shape index (κ2) is 3.20. The van der Waals surface area contributed by atoms with Gasteiger partial charge in [-0.25, -0.2) is 0 Å². The predicted octanol–water partition coefficient (Wildman–Crippen LogP) is 2.12. The molecule has 1 saturated carbocycles. The van der Waals surface area contributed by atoms with Crippen LogP contribution in [0.5, 0.6) is 0 Å². The smallest absolute Gasteiger partial charge is 0.395 e. The van der Waals surface area contributed by atoms with E-state index in [-0.39, 0.29) is 12.2 Å². The maximum absolute atomic E-state index is 12.6. The van der Waals surface area contributed by atoms with E-state index in [1.165, 1.54) is 12.1 Å². The first-order valence-corrected chi connectivity index (χ1v) is 4.63. The molecule has 0 aliphatic heterocycles. The monoisotopic (exact) mass is 217 g/mol.